The van der Waals surface area contributed by atoms with Crippen LogP contribution in [-0.4, -0.2) is 70.6 Å². The molecule has 324 valence electrons. The molecule has 12 nitrogen and oxygen atoms in total. The van der Waals surface area contributed by atoms with Crippen molar-refractivity contribution < 1.29 is 42.9 Å². The van der Waals surface area contributed by atoms with Crippen LogP contribution in [0.3, 0.4) is 0 Å². The number of hydrogen-bond donors (Lipinski definition) is 2. The van der Waals surface area contributed by atoms with Crippen molar-refractivity contribution in [1.29, 1.82) is 0 Å². The Morgan fingerprint density at radius 2 is 1.03 bits per heavy atom. The monoisotopic (exact) mass is 893 g/mol. The molecule has 1 aliphatic heterocycles. The molecular formula is C50H43N3O9S2. The van der Waals surface area contributed by atoms with Gasteiger partial charge in [0.25, 0.3) is 0 Å². The van der Waals surface area contributed by atoms with Crippen LogP contribution in [0, 0.1) is 13.8 Å². The predicted molar refractivity (Wildman–Crippen MR) is 250 cm³/mol. The fourth-order valence-electron chi connectivity index (χ4n) is 6.54. The lowest BCUT2D eigenvalue weighted by Crippen LogP contribution is -2.62. The van der Waals surface area contributed by atoms with Crippen LogP contribution in [0.25, 0.3) is 0 Å². The summed E-state index contributed by atoms with van der Waals surface area (Å²) in [4.78, 5) is 60.4. The number of rotatable bonds is 12. The number of hydrogen-bond acceptors (Lipinski definition) is 11. The molecule has 0 aromatic heterocycles. The van der Waals surface area contributed by atoms with Gasteiger partial charge in [-0.2, -0.15) is 4.99 Å². The maximum absolute atomic E-state index is 14.1. The maximum Gasteiger partial charge on any atom is 0.338 e. The van der Waals surface area contributed by atoms with Crippen molar-refractivity contribution in [1.82, 2.24) is 0 Å². The number of carbonyl (C=O) groups is 4. The first-order chi connectivity index (χ1) is 31.1. The first-order valence-electron chi connectivity index (χ1n) is 20.2. The number of aryl methyl sites for hydroxylation is 2. The smallest absolute Gasteiger partial charge is 0.338 e. The van der Waals surface area contributed by atoms with Crippen molar-refractivity contribution in [3.05, 3.63) is 203 Å². The number of ether oxygens (including phenoxy) is 5. The molecule has 6 aromatic rings. The summed E-state index contributed by atoms with van der Waals surface area (Å²) in [5.74, 6) is -3.09. The van der Waals surface area contributed by atoms with Gasteiger partial charge in [-0.15, -0.1) is 0 Å². The van der Waals surface area contributed by atoms with Crippen LogP contribution >= 0.6 is 24.0 Å². The molecule has 7 rings (SSSR count). The summed E-state index contributed by atoms with van der Waals surface area (Å²) in [7, 11) is 0. The fraction of sp³-hybridized carbons (Fsp3) is 0.160. The Labute approximate surface area is 380 Å². The largest absolute Gasteiger partial charge is 0.459 e. The molecule has 2 N–H and O–H groups in total. The molecule has 0 aliphatic carbocycles. The Morgan fingerprint density at radius 3 is 1.55 bits per heavy atom. The van der Waals surface area contributed by atoms with Crippen molar-refractivity contribution in [2.75, 3.05) is 17.2 Å². The maximum atomic E-state index is 14.1. The number of thioether (sulfide) groups is 1. The molecule has 1 unspecified atom stereocenters. The van der Waals surface area contributed by atoms with Gasteiger partial charge < -0.3 is 34.3 Å². The second-order valence-corrected chi connectivity index (χ2v) is 16.0. The lowest BCUT2D eigenvalue weighted by Gasteiger charge is -2.44. The van der Waals surface area contributed by atoms with Crippen molar-refractivity contribution in [2.45, 2.75) is 43.7 Å². The molecule has 1 heterocycles. The summed E-state index contributed by atoms with van der Waals surface area (Å²) in [5.41, 5.74) is 2.86. The lowest BCUT2D eigenvalue weighted by molar-refractivity contribution is -0.207. The normalized spacial score (nSPS) is 18.2. The SMILES string of the molecule is Cc1ccc(NC(=S)/N=C(\Nc2cccc(C)c2)SC2O[C@H](COC(=O)c3ccccc3)[C@@H](OC(=O)c3ccccc3)[C@H](OC(=O)c3ccccc3)[C@H]2OC(=O)c2ccccc2)cc1. The van der Waals surface area contributed by atoms with E-state index in [4.69, 9.17) is 40.9 Å². The number of carbonyl (C=O) groups excluding carboxylic acids is 4. The molecule has 0 radical (unpaired) electrons. The van der Waals surface area contributed by atoms with Gasteiger partial charge >= 0.3 is 23.9 Å². The van der Waals surface area contributed by atoms with Crippen molar-refractivity contribution >= 4 is 69.5 Å². The van der Waals surface area contributed by atoms with E-state index in [1.165, 1.54) is 0 Å². The summed E-state index contributed by atoms with van der Waals surface area (Å²) in [6, 6.07) is 48.0. The number of esters is 4. The highest BCUT2D eigenvalue weighted by molar-refractivity contribution is 8.14. The average Bonchev–Trinajstić information content (AvgIpc) is 3.31. The minimum Gasteiger partial charge on any atom is -0.459 e. The molecule has 0 spiro atoms. The Morgan fingerprint density at radius 1 is 0.547 bits per heavy atom. The number of thiocarbonyl (C=S) groups is 1. The quantitative estimate of drug-likeness (QED) is 0.0395. The fourth-order valence-corrected chi connectivity index (χ4v) is 7.89. The van der Waals surface area contributed by atoms with E-state index in [1.807, 2.05) is 62.4 Å². The molecule has 5 atom stereocenters. The predicted octanol–water partition coefficient (Wildman–Crippen LogP) is 9.46. The lowest BCUT2D eigenvalue weighted by atomic mass is 9.98. The molecule has 0 bridgehead atoms. The van der Waals surface area contributed by atoms with Gasteiger partial charge in [0, 0.05) is 11.4 Å². The van der Waals surface area contributed by atoms with E-state index in [-0.39, 0.29) is 32.5 Å². The van der Waals surface area contributed by atoms with Gasteiger partial charge in [-0.1, -0.05) is 114 Å². The standard InChI is InChI=1S/C50H43N3O9S2/c1-32-26-28-38(29-27-32)51-49(63)53-50(52-39-25-15-16-33(2)30-39)64-48-43(62-47(57)37-23-13-6-14-24-37)42(61-46(56)36-21-11-5-12-22-36)41(60-45(55)35-19-9-4-10-20-35)40(59-48)31-58-44(54)34-17-7-3-8-18-34/h3-30,40-43,48H,31H2,1-2H3,(H2,51,52,53,63)/t40-,41-,42+,43-,48?/m1/s1. The Bertz CT molecular complexity index is 2580. The molecule has 1 saturated heterocycles. The molecule has 1 fully saturated rings. The Balaban J connectivity index is 1.33. The number of aliphatic imine (C=N–C) groups is 1. The first-order valence-corrected chi connectivity index (χ1v) is 21.5. The third kappa shape index (κ3) is 12.3. The number of nitrogens with one attached hydrogen (secondary N) is 2. The molecule has 0 saturated carbocycles. The minimum atomic E-state index is -1.56. The highest BCUT2D eigenvalue weighted by atomic mass is 32.2. The zero-order valence-corrected chi connectivity index (χ0v) is 36.3. The molecule has 1 aliphatic rings. The average molecular weight is 894 g/mol. The topological polar surface area (TPSA) is 151 Å². The summed E-state index contributed by atoms with van der Waals surface area (Å²) in [6.07, 6.45) is -5.87. The van der Waals surface area contributed by atoms with E-state index in [2.05, 4.69) is 10.6 Å². The summed E-state index contributed by atoms with van der Waals surface area (Å²) in [6.45, 7) is 3.42. The Hall–Kier alpha value is -7.13. The zero-order chi connectivity index (χ0) is 44.8. The second kappa shape index (κ2) is 21.8. The van der Waals surface area contributed by atoms with E-state index in [0.717, 1.165) is 22.9 Å². The molecular weight excluding hydrogens is 851 g/mol. The van der Waals surface area contributed by atoms with E-state index in [9.17, 15) is 19.2 Å². The summed E-state index contributed by atoms with van der Waals surface area (Å²) in [5, 5.41) is 6.72. The van der Waals surface area contributed by atoms with Crippen LogP contribution in [0.5, 0.6) is 0 Å². The summed E-state index contributed by atoms with van der Waals surface area (Å²) >= 11 is 6.71. The number of anilines is 2. The van der Waals surface area contributed by atoms with E-state index in [1.54, 1.807) is 121 Å². The molecule has 14 heteroatoms. The third-order valence-electron chi connectivity index (χ3n) is 9.74. The zero-order valence-electron chi connectivity index (χ0n) is 34.7. The molecule has 0 amide bonds. The first kappa shape index (κ1) is 44.9. The van der Waals surface area contributed by atoms with Gasteiger partial charge in [-0.05, 0) is 104 Å². The van der Waals surface area contributed by atoms with Crippen molar-refractivity contribution in [3.8, 4) is 0 Å². The van der Waals surface area contributed by atoms with Gasteiger partial charge in [0.2, 0.25) is 0 Å². The van der Waals surface area contributed by atoms with E-state index >= 15 is 0 Å². The number of amidine groups is 1. The van der Waals surface area contributed by atoms with Gasteiger partial charge in [0.05, 0.1) is 22.3 Å². The van der Waals surface area contributed by atoms with Crippen LogP contribution < -0.4 is 10.6 Å². The van der Waals surface area contributed by atoms with Crippen LogP contribution in [0.15, 0.2) is 175 Å². The minimum absolute atomic E-state index is 0.0789. The van der Waals surface area contributed by atoms with Crippen molar-refractivity contribution in [3.63, 3.8) is 0 Å². The van der Waals surface area contributed by atoms with Crippen LogP contribution in [0.4, 0.5) is 11.4 Å². The second-order valence-electron chi connectivity index (χ2n) is 14.5. The van der Waals surface area contributed by atoms with E-state index in [0.29, 0.717) is 11.4 Å². The van der Waals surface area contributed by atoms with Crippen molar-refractivity contribution in [2.24, 2.45) is 4.99 Å². The Kier molecular flexibility index (Phi) is 15.3. The van der Waals surface area contributed by atoms with Gasteiger partial charge in [0.15, 0.2) is 34.0 Å². The number of benzene rings is 6. The third-order valence-corrected chi connectivity index (χ3v) is 11.0. The van der Waals surface area contributed by atoms with Crippen LogP contribution in [-0.2, 0) is 23.7 Å². The number of nitrogens with zero attached hydrogens (tertiary/aromatic N) is 1. The van der Waals surface area contributed by atoms with Gasteiger partial charge in [-0.25, -0.2) is 19.2 Å². The highest BCUT2D eigenvalue weighted by Crippen LogP contribution is 2.37. The van der Waals surface area contributed by atoms with Crippen LogP contribution in [0.2, 0.25) is 0 Å². The highest BCUT2D eigenvalue weighted by Gasteiger charge is 2.54. The summed E-state index contributed by atoms with van der Waals surface area (Å²) < 4.78 is 31.3. The molecule has 6 aromatic carbocycles. The molecule has 64 heavy (non-hydrogen) atoms. The van der Waals surface area contributed by atoms with Gasteiger partial charge in [-0.3, -0.25) is 0 Å². The van der Waals surface area contributed by atoms with Gasteiger partial charge in [0.1, 0.15) is 12.7 Å². The van der Waals surface area contributed by atoms with E-state index < -0.39 is 60.3 Å². The van der Waals surface area contributed by atoms with Crippen LogP contribution in [0.1, 0.15) is 52.6 Å².